The van der Waals surface area contributed by atoms with Crippen LogP contribution in [-0.2, 0) is 6.42 Å². The Bertz CT molecular complexity index is 342. The van der Waals surface area contributed by atoms with Crippen molar-refractivity contribution in [3.63, 3.8) is 0 Å². The lowest BCUT2D eigenvalue weighted by Gasteiger charge is -2.14. The summed E-state index contributed by atoms with van der Waals surface area (Å²) in [5.74, 6) is -0.943. The van der Waals surface area contributed by atoms with E-state index in [-0.39, 0.29) is 12.0 Å². The molecule has 1 rings (SSSR count). The fourth-order valence-corrected chi connectivity index (χ4v) is 1.46. The minimum atomic E-state index is -0.640. The molecule has 0 saturated carbocycles. The van der Waals surface area contributed by atoms with E-state index >= 15 is 0 Å². The average molecular weight is 229 g/mol. The van der Waals surface area contributed by atoms with E-state index in [1.807, 2.05) is 19.0 Å². The van der Waals surface area contributed by atoms with Crippen molar-refractivity contribution in [1.29, 1.82) is 0 Å². The van der Waals surface area contributed by atoms with Crippen molar-refractivity contribution in [3.05, 3.63) is 35.4 Å². The summed E-state index contributed by atoms with van der Waals surface area (Å²) >= 11 is 0. The third-order valence-electron chi connectivity index (χ3n) is 2.37. The minimum Gasteiger partial charge on any atom is -0.393 e. The van der Waals surface area contributed by atoms with Gasteiger partial charge in [-0.05, 0) is 50.8 Å². The summed E-state index contributed by atoms with van der Waals surface area (Å²) in [5, 5.41) is 9.65. The maximum Gasteiger partial charge on any atom is 0.126 e. The molecule has 0 heterocycles. The molecular formula is C12H17F2NO. The van der Waals surface area contributed by atoms with Gasteiger partial charge >= 0.3 is 0 Å². The van der Waals surface area contributed by atoms with Crippen LogP contribution in [0, 0.1) is 11.6 Å². The molecule has 2 nitrogen and oxygen atoms in total. The van der Waals surface area contributed by atoms with Gasteiger partial charge in [0.05, 0.1) is 6.10 Å². The lowest BCUT2D eigenvalue weighted by molar-refractivity contribution is 0.151. The van der Waals surface area contributed by atoms with Crippen LogP contribution in [0.3, 0.4) is 0 Å². The Balaban J connectivity index is 2.55. The molecule has 0 radical (unpaired) electrons. The van der Waals surface area contributed by atoms with Gasteiger partial charge in [0.2, 0.25) is 0 Å². The standard InChI is InChI=1S/C12H17F2NO/c1-15(2)6-5-11(16)8-9-7-10(13)3-4-12(9)14/h3-4,7,11,16H,5-6,8H2,1-2H3. The number of aliphatic hydroxyl groups is 1. The first kappa shape index (κ1) is 13.1. The van der Waals surface area contributed by atoms with Crippen LogP contribution < -0.4 is 0 Å². The Labute approximate surface area is 94.5 Å². The van der Waals surface area contributed by atoms with Gasteiger partial charge in [-0.1, -0.05) is 0 Å². The fraction of sp³-hybridized carbons (Fsp3) is 0.500. The Morgan fingerprint density at radius 3 is 2.62 bits per heavy atom. The molecule has 0 saturated heterocycles. The molecule has 1 aromatic rings. The van der Waals surface area contributed by atoms with Gasteiger partial charge < -0.3 is 10.0 Å². The van der Waals surface area contributed by atoms with Gasteiger partial charge in [-0.3, -0.25) is 0 Å². The Morgan fingerprint density at radius 1 is 1.31 bits per heavy atom. The van der Waals surface area contributed by atoms with Crippen molar-refractivity contribution >= 4 is 0 Å². The second kappa shape index (κ2) is 5.92. The van der Waals surface area contributed by atoms with Crippen molar-refractivity contribution in [1.82, 2.24) is 4.90 Å². The third kappa shape index (κ3) is 4.24. The number of hydrogen-bond acceptors (Lipinski definition) is 2. The fourth-order valence-electron chi connectivity index (χ4n) is 1.46. The SMILES string of the molecule is CN(C)CCC(O)Cc1cc(F)ccc1F. The summed E-state index contributed by atoms with van der Waals surface area (Å²) in [6.45, 7) is 0.720. The van der Waals surface area contributed by atoms with Crippen LogP contribution in [0.2, 0.25) is 0 Å². The minimum absolute atomic E-state index is 0.150. The number of nitrogens with zero attached hydrogens (tertiary/aromatic N) is 1. The first-order chi connectivity index (χ1) is 7.49. The highest BCUT2D eigenvalue weighted by atomic mass is 19.1. The molecule has 0 aliphatic heterocycles. The lowest BCUT2D eigenvalue weighted by atomic mass is 10.0. The highest BCUT2D eigenvalue weighted by Gasteiger charge is 2.10. The molecule has 1 N–H and O–H groups in total. The van der Waals surface area contributed by atoms with Crippen LogP contribution in [0.25, 0.3) is 0 Å². The summed E-state index contributed by atoms with van der Waals surface area (Å²) in [7, 11) is 3.80. The number of rotatable bonds is 5. The molecule has 1 unspecified atom stereocenters. The van der Waals surface area contributed by atoms with E-state index < -0.39 is 17.7 Å². The zero-order valence-corrected chi connectivity index (χ0v) is 9.58. The Hall–Kier alpha value is -1.00. The topological polar surface area (TPSA) is 23.5 Å². The monoisotopic (exact) mass is 229 g/mol. The van der Waals surface area contributed by atoms with Crippen LogP contribution in [0.1, 0.15) is 12.0 Å². The van der Waals surface area contributed by atoms with Crippen LogP contribution in [-0.4, -0.2) is 36.8 Å². The number of aliphatic hydroxyl groups excluding tert-OH is 1. The molecule has 0 spiro atoms. The van der Waals surface area contributed by atoms with Gasteiger partial charge in [0, 0.05) is 6.42 Å². The first-order valence-electron chi connectivity index (χ1n) is 5.25. The smallest absolute Gasteiger partial charge is 0.126 e. The normalized spacial score (nSPS) is 13.1. The largest absolute Gasteiger partial charge is 0.393 e. The van der Waals surface area contributed by atoms with E-state index in [9.17, 15) is 13.9 Å². The van der Waals surface area contributed by atoms with E-state index in [0.717, 1.165) is 24.7 Å². The molecule has 0 fully saturated rings. The molecule has 0 aliphatic rings. The van der Waals surface area contributed by atoms with Gasteiger partial charge in [0.1, 0.15) is 11.6 Å². The number of hydrogen-bond donors (Lipinski definition) is 1. The van der Waals surface area contributed by atoms with Crippen molar-refractivity contribution < 1.29 is 13.9 Å². The van der Waals surface area contributed by atoms with Gasteiger partial charge in [0.15, 0.2) is 0 Å². The van der Waals surface area contributed by atoms with Crippen LogP contribution >= 0.6 is 0 Å². The molecule has 0 bridgehead atoms. The molecular weight excluding hydrogens is 212 g/mol. The molecule has 0 aromatic heterocycles. The van der Waals surface area contributed by atoms with Crippen molar-refractivity contribution in [3.8, 4) is 0 Å². The van der Waals surface area contributed by atoms with Crippen molar-refractivity contribution in [2.24, 2.45) is 0 Å². The van der Waals surface area contributed by atoms with E-state index in [1.54, 1.807) is 0 Å². The molecule has 1 aromatic carbocycles. The van der Waals surface area contributed by atoms with Crippen molar-refractivity contribution in [2.75, 3.05) is 20.6 Å². The van der Waals surface area contributed by atoms with E-state index in [4.69, 9.17) is 0 Å². The Morgan fingerprint density at radius 2 is 2.00 bits per heavy atom. The highest BCUT2D eigenvalue weighted by Crippen LogP contribution is 2.13. The lowest BCUT2D eigenvalue weighted by Crippen LogP contribution is -2.21. The van der Waals surface area contributed by atoms with Crippen LogP contribution in [0.15, 0.2) is 18.2 Å². The highest BCUT2D eigenvalue weighted by molar-refractivity contribution is 5.19. The van der Waals surface area contributed by atoms with E-state index in [1.165, 1.54) is 0 Å². The second-order valence-corrected chi connectivity index (χ2v) is 4.19. The van der Waals surface area contributed by atoms with E-state index in [0.29, 0.717) is 6.42 Å². The molecule has 16 heavy (non-hydrogen) atoms. The predicted molar refractivity (Wildman–Crippen MR) is 59.2 cm³/mol. The summed E-state index contributed by atoms with van der Waals surface area (Å²) in [6.07, 6.45) is 0.0547. The number of benzene rings is 1. The maximum absolute atomic E-state index is 13.2. The first-order valence-corrected chi connectivity index (χ1v) is 5.25. The molecule has 4 heteroatoms. The third-order valence-corrected chi connectivity index (χ3v) is 2.37. The van der Waals surface area contributed by atoms with E-state index in [2.05, 4.69) is 0 Å². The average Bonchev–Trinajstić information content (AvgIpc) is 2.20. The van der Waals surface area contributed by atoms with Gasteiger partial charge in [0.25, 0.3) is 0 Å². The van der Waals surface area contributed by atoms with Crippen LogP contribution in [0.4, 0.5) is 8.78 Å². The zero-order chi connectivity index (χ0) is 12.1. The van der Waals surface area contributed by atoms with Crippen molar-refractivity contribution in [2.45, 2.75) is 18.9 Å². The molecule has 90 valence electrons. The Kier molecular flexibility index (Phi) is 4.83. The predicted octanol–water partition coefficient (Wildman–Crippen LogP) is 1.82. The molecule has 0 aliphatic carbocycles. The summed E-state index contributed by atoms with van der Waals surface area (Å²) in [6, 6.07) is 3.29. The van der Waals surface area contributed by atoms with Gasteiger partial charge in [-0.2, -0.15) is 0 Å². The molecule has 1 atom stereocenters. The summed E-state index contributed by atoms with van der Waals surface area (Å²) in [4.78, 5) is 1.94. The van der Waals surface area contributed by atoms with Gasteiger partial charge in [-0.25, -0.2) is 8.78 Å². The van der Waals surface area contributed by atoms with Gasteiger partial charge in [-0.15, -0.1) is 0 Å². The second-order valence-electron chi connectivity index (χ2n) is 4.19. The zero-order valence-electron chi connectivity index (χ0n) is 9.58. The number of halogens is 2. The maximum atomic E-state index is 13.2. The summed E-state index contributed by atoms with van der Waals surface area (Å²) in [5.41, 5.74) is 0.228. The molecule has 0 amide bonds. The van der Waals surface area contributed by atoms with Crippen LogP contribution in [0.5, 0.6) is 0 Å². The summed E-state index contributed by atoms with van der Waals surface area (Å²) < 4.78 is 26.1. The quantitative estimate of drug-likeness (QED) is 0.832.